The first-order valence-electron chi connectivity index (χ1n) is 7.59. The molecule has 0 aromatic heterocycles. The molecule has 0 heterocycles. The number of aliphatic carboxylic acids is 1. The molecule has 0 aliphatic carbocycles. The van der Waals surface area contributed by atoms with E-state index in [1.54, 1.807) is 24.3 Å². The van der Waals surface area contributed by atoms with E-state index in [0.717, 1.165) is 6.42 Å². The predicted molar refractivity (Wildman–Crippen MR) is 85.9 cm³/mol. The number of nitrogens with one attached hydrogen (secondary N) is 1. The van der Waals surface area contributed by atoms with Gasteiger partial charge in [-0.1, -0.05) is 26.0 Å². The van der Waals surface area contributed by atoms with Gasteiger partial charge in [0.15, 0.2) is 0 Å². The lowest BCUT2D eigenvalue weighted by molar-refractivity contribution is -0.136. The van der Waals surface area contributed by atoms with Gasteiger partial charge in [0.05, 0.1) is 25.6 Å². The van der Waals surface area contributed by atoms with Gasteiger partial charge in [-0.3, -0.25) is 9.59 Å². The van der Waals surface area contributed by atoms with Crippen LogP contribution in [0.2, 0.25) is 0 Å². The molecular weight excluding hydrogens is 282 g/mol. The smallest absolute Gasteiger partial charge is 0.307 e. The van der Waals surface area contributed by atoms with Crippen molar-refractivity contribution in [3.05, 3.63) is 29.8 Å². The normalized spacial score (nSPS) is 12.2. The topological polar surface area (TPSA) is 75.6 Å². The maximum Gasteiger partial charge on any atom is 0.307 e. The molecule has 0 saturated carbocycles. The minimum atomic E-state index is -0.871. The van der Waals surface area contributed by atoms with Gasteiger partial charge in [-0.25, -0.2) is 0 Å². The molecule has 1 amide bonds. The number of rotatable bonds is 9. The maximum absolute atomic E-state index is 11.8. The molecule has 22 heavy (non-hydrogen) atoms. The average Bonchev–Trinajstić information content (AvgIpc) is 2.39. The fourth-order valence-electron chi connectivity index (χ4n) is 2.19. The fourth-order valence-corrected chi connectivity index (χ4v) is 2.19. The van der Waals surface area contributed by atoms with E-state index in [-0.39, 0.29) is 18.4 Å². The zero-order chi connectivity index (χ0) is 16.5. The molecule has 0 aliphatic heterocycles. The van der Waals surface area contributed by atoms with Gasteiger partial charge in [-0.05, 0) is 37.0 Å². The van der Waals surface area contributed by atoms with Gasteiger partial charge in [-0.15, -0.1) is 0 Å². The van der Waals surface area contributed by atoms with E-state index in [9.17, 15) is 9.59 Å². The Morgan fingerprint density at radius 1 is 1.18 bits per heavy atom. The molecule has 5 nitrogen and oxygen atoms in total. The number of carboxylic acid groups (broad SMARTS) is 1. The van der Waals surface area contributed by atoms with Crippen LogP contribution in [0.5, 0.6) is 0 Å². The molecule has 1 aromatic carbocycles. The average molecular weight is 307 g/mol. The summed E-state index contributed by atoms with van der Waals surface area (Å²) in [6.45, 7) is 6.69. The van der Waals surface area contributed by atoms with Gasteiger partial charge in [0.25, 0.3) is 0 Å². The van der Waals surface area contributed by atoms with Crippen LogP contribution in [-0.4, -0.2) is 29.7 Å². The van der Waals surface area contributed by atoms with E-state index >= 15 is 0 Å². The number of carboxylic acids is 1. The van der Waals surface area contributed by atoms with Crippen LogP contribution in [0.25, 0.3) is 0 Å². The molecule has 5 heteroatoms. The van der Waals surface area contributed by atoms with Crippen LogP contribution in [0.4, 0.5) is 5.69 Å². The van der Waals surface area contributed by atoms with Crippen LogP contribution in [0.3, 0.4) is 0 Å². The molecule has 1 rings (SSSR count). The van der Waals surface area contributed by atoms with Crippen molar-refractivity contribution < 1.29 is 19.4 Å². The minimum Gasteiger partial charge on any atom is -0.481 e. The van der Waals surface area contributed by atoms with Crippen molar-refractivity contribution in [2.75, 3.05) is 11.9 Å². The third-order valence-corrected chi connectivity index (χ3v) is 3.13. The van der Waals surface area contributed by atoms with Gasteiger partial charge in [-0.2, -0.15) is 0 Å². The minimum absolute atomic E-state index is 0.0180. The standard InChI is InChI=1S/C17H25NO4/c1-12(2)10-13(3)22-9-8-16(19)18-15-6-4-14(5-7-15)11-17(20)21/h4-7,12-13H,8-11H2,1-3H3,(H,18,19)(H,20,21). The third-order valence-electron chi connectivity index (χ3n) is 3.13. The number of carbonyl (C=O) groups excluding carboxylic acids is 1. The van der Waals surface area contributed by atoms with Crippen LogP contribution >= 0.6 is 0 Å². The van der Waals surface area contributed by atoms with Crippen molar-refractivity contribution in [3.63, 3.8) is 0 Å². The van der Waals surface area contributed by atoms with Crippen molar-refractivity contribution in [1.82, 2.24) is 0 Å². The third kappa shape index (κ3) is 7.78. The zero-order valence-corrected chi connectivity index (χ0v) is 13.5. The summed E-state index contributed by atoms with van der Waals surface area (Å²) >= 11 is 0. The summed E-state index contributed by atoms with van der Waals surface area (Å²) in [5.74, 6) is -0.402. The Morgan fingerprint density at radius 2 is 1.82 bits per heavy atom. The highest BCUT2D eigenvalue weighted by atomic mass is 16.5. The lowest BCUT2D eigenvalue weighted by atomic mass is 10.1. The summed E-state index contributed by atoms with van der Waals surface area (Å²) in [6.07, 6.45) is 1.42. The quantitative estimate of drug-likeness (QED) is 0.735. The highest BCUT2D eigenvalue weighted by Gasteiger charge is 2.08. The molecule has 0 radical (unpaired) electrons. The Bertz CT molecular complexity index is 482. The summed E-state index contributed by atoms with van der Waals surface area (Å²) in [4.78, 5) is 22.4. The van der Waals surface area contributed by atoms with Crippen molar-refractivity contribution in [3.8, 4) is 0 Å². The molecule has 1 aromatic rings. The summed E-state index contributed by atoms with van der Waals surface area (Å²) in [7, 11) is 0. The number of ether oxygens (including phenoxy) is 1. The molecule has 0 saturated heterocycles. The summed E-state index contributed by atoms with van der Waals surface area (Å²) < 4.78 is 5.60. The molecule has 0 fully saturated rings. The van der Waals surface area contributed by atoms with E-state index < -0.39 is 5.97 Å². The van der Waals surface area contributed by atoms with Crippen molar-refractivity contribution in [2.45, 2.75) is 46.1 Å². The van der Waals surface area contributed by atoms with E-state index in [4.69, 9.17) is 9.84 Å². The van der Waals surface area contributed by atoms with Gasteiger partial charge in [0.1, 0.15) is 0 Å². The predicted octanol–water partition coefficient (Wildman–Crippen LogP) is 3.09. The first-order chi connectivity index (χ1) is 10.4. The van der Waals surface area contributed by atoms with Gasteiger partial charge >= 0.3 is 5.97 Å². The Kier molecular flexibility index (Phi) is 7.60. The number of carbonyl (C=O) groups is 2. The van der Waals surface area contributed by atoms with E-state index in [2.05, 4.69) is 19.2 Å². The molecule has 0 bridgehead atoms. The highest BCUT2D eigenvalue weighted by Crippen LogP contribution is 2.11. The number of benzene rings is 1. The molecule has 0 spiro atoms. The summed E-state index contributed by atoms with van der Waals surface area (Å²) in [5.41, 5.74) is 1.37. The molecule has 122 valence electrons. The van der Waals surface area contributed by atoms with Gasteiger partial charge < -0.3 is 15.2 Å². The Balaban J connectivity index is 2.31. The van der Waals surface area contributed by atoms with Gasteiger partial charge in [0.2, 0.25) is 5.91 Å². The Hall–Kier alpha value is -1.88. The lowest BCUT2D eigenvalue weighted by Crippen LogP contribution is -2.18. The number of anilines is 1. The monoisotopic (exact) mass is 307 g/mol. The number of hydrogen-bond donors (Lipinski definition) is 2. The second kappa shape index (κ2) is 9.20. The van der Waals surface area contributed by atoms with Crippen LogP contribution in [0.1, 0.15) is 39.2 Å². The second-order valence-corrected chi connectivity index (χ2v) is 5.88. The van der Waals surface area contributed by atoms with Crippen LogP contribution in [0, 0.1) is 5.92 Å². The molecule has 1 unspecified atom stereocenters. The number of amides is 1. The Morgan fingerprint density at radius 3 is 2.36 bits per heavy atom. The van der Waals surface area contributed by atoms with Crippen LogP contribution in [-0.2, 0) is 20.7 Å². The molecule has 2 N–H and O–H groups in total. The van der Waals surface area contributed by atoms with Crippen molar-refractivity contribution >= 4 is 17.6 Å². The number of hydrogen-bond acceptors (Lipinski definition) is 3. The van der Waals surface area contributed by atoms with E-state index in [1.165, 1.54) is 0 Å². The molecule has 1 atom stereocenters. The second-order valence-electron chi connectivity index (χ2n) is 5.88. The SMILES string of the molecule is CC(C)CC(C)OCCC(=O)Nc1ccc(CC(=O)O)cc1. The highest BCUT2D eigenvalue weighted by molar-refractivity contribution is 5.90. The molecular formula is C17H25NO4. The van der Waals surface area contributed by atoms with Crippen LogP contribution in [0.15, 0.2) is 24.3 Å². The van der Waals surface area contributed by atoms with E-state index in [1.807, 2.05) is 6.92 Å². The Labute approximate surface area is 131 Å². The van der Waals surface area contributed by atoms with Crippen LogP contribution < -0.4 is 5.32 Å². The van der Waals surface area contributed by atoms with Gasteiger partial charge in [0, 0.05) is 5.69 Å². The first kappa shape index (κ1) is 18.2. The van der Waals surface area contributed by atoms with Crippen molar-refractivity contribution in [1.29, 1.82) is 0 Å². The zero-order valence-electron chi connectivity index (χ0n) is 13.5. The van der Waals surface area contributed by atoms with Crippen molar-refractivity contribution in [2.24, 2.45) is 5.92 Å². The molecule has 0 aliphatic rings. The van der Waals surface area contributed by atoms with E-state index in [0.29, 0.717) is 30.2 Å². The summed E-state index contributed by atoms with van der Waals surface area (Å²) in [5, 5.41) is 11.5. The maximum atomic E-state index is 11.8. The lowest BCUT2D eigenvalue weighted by Gasteiger charge is -2.15. The summed E-state index contributed by atoms with van der Waals surface area (Å²) in [6, 6.07) is 6.81. The largest absolute Gasteiger partial charge is 0.481 e. The first-order valence-corrected chi connectivity index (χ1v) is 7.59. The fraction of sp³-hybridized carbons (Fsp3) is 0.529.